The molecule has 0 aliphatic heterocycles. The van der Waals surface area contributed by atoms with Gasteiger partial charge in [0, 0.05) is 0 Å². The lowest BCUT2D eigenvalue weighted by molar-refractivity contribution is 0.225. The predicted molar refractivity (Wildman–Crippen MR) is 129 cm³/mol. The fourth-order valence-electron chi connectivity index (χ4n) is 3.92. The summed E-state index contributed by atoms with van der Waals surface area (Å²) in [5.74, 6) is 2.25. The van der Waals surface area contributed by atoms with Crippen LogP contribution in [0.3, 0.4) is 0 Å². The van der Waals surface area contributed by atoms with Gasteiger partial charge in [0.05, 0.1) is 47.3 Å². The van der Waals surface area contributed by atoms with Gasteiger partial charge >= 0.3 is 7.75 Å². The third-order valence-corrected chi connectivity index (χ3v) is 7.02. The fourth-order valence-corrected chi connectivity index (χ4v) is 5.27. The molecule has 33 heavy (non-hydrogen) atoms. The molecular weight excluding hydrogens is 445 g/mol. The largest absolute Gasteiger partial charge is 0.495 e. The molecule has 180 valence electrons. The Hall–Kier alpha value is -2.67. The van der Waals surface area contributed by atoms with Crippen LogP contribution >= 0.6 is 7.75 Å². The Morgan fingerprint density at radius 2 is 1.45 bits per heavy atom. The first-order valence-electron chi connectivity index (χ1n) is 10.8. The van der Waals surface area contributed by atoms with Gasteiger partial charge in [-0.05, 0) is 73.2 Å². The van der Waals surface area contributed by atoms with E-state index in [2.05, 4.69) is 11.2 Å². The summed E-state index contributed by atoms with van der Waals surface area (Å²) in [6, 6.07) is 7.73. The zero-order chi connectivity index (χ0) is 24.0. The SMILES string of the molecule is CCOP(=O)(Nc1cc2c(cc1OC)CCC=C2c1cc(OC)c(OC)c(OC)c1)OCC. The molecule has 0 bridgehead atoms. The highest BCUT2D eigenvalue weighted by molar-refractivity contribution is 7.55. The van der Waals surface area contributed by atoms with E-state index in [1.165, 1.54) is 0 Å². The third kappa shape index (κ3) is 5.29. The number of hydrogen-bond acceptors (Lipinski definition) is 7. The van der Waals surface area contributed by atoms with E-state index in [4.69, 9.17) is 28.0 Å². The summed E-state index contributed by atoms with van der Waals surface area (Å²) in [5, 5.41) is 2.95. The molecule has 0 radical (unpaired) electrons. The third-order valence-electron chi connectivity index (χ3n) is 5.31. The molecule has 0 spiro atoms. The van der Waals surface area contributed by atoms with E-state index in [1.54, 1.807) is 42.3 Å². The van der Waals surface area contributed by atoms with Gasteiger partial charge in [0.1, 0.15) is 5.75 Å². The Morgan fingerprint density at radius 3 is 1.97 bits per heavy atom. The van der Waals surface area contributed by atoms with E-state index in [-0.39, 0.29) is 13.2 Å². The van der Waals surface area contributed by atoms with Crippen LogP contribution < -0.4 is 24.0 Å². The molecule has 3 rings (SSSR count). The van der Waals surface area contributed by atoms with Crippen LogP contribution in [0, 0.1) is 0 Å². The molecule has 8 nitrogen and oxygen atoms in total. The van der Waals surface area contributed by atoms with Crippen molar-refractivity contribution < 1.29 is 32.6 Å². The fraction of sp³-hybridized carbons (Fsp3) is 0.417. The number of rotatable bonds is 11. The number of allylic oxidation sites excluding steroid dienone is 1. The molecule has 2 aromatic rings. The van der Waals surface area contributed by atoms with Crippen molar-refractivity contribution >= 4 is 19.0 Å². The summed E-state index contributed by atoms with van der Waals surface area (Å²) in [4.78, 5) is 0. The minimum atomic E-state index is -3.55. The molecule has 2 aromatic carbocycles. The minimum absolute atomic E-state index is 0.244. The molecule has 0 saturated heterocycles. The number of fused-ring (bicyclic) bond motifs is 1. The first-order chi connectivity index (χ1) is 15.9. The zero-order valence-electron chi connectivity index (χ0n) is 20.0. The smallest absolute Gasteiger partial charge is 0.432 e. The number of methoxy groups -OCH3 is 4. The molecule has 1 aliphatic carbocycles. The first kappa shape index (κ1) is 25.0. The van der Waals surface area contributed by atoms with Crippen LogP contribution in [0.15, 0.2) is 30.3 Å². The van der Waals surface area contributed by atoms with Crippen molar-refractivity contribution in [3.8, 4) is 23.0 Å². The average Bonchev–Trinajstić information content (AvgIpc) is 2.82. The predicted octanol–water partition coefficient (Wildman–Crippen LogP) is 5.69. The van der Waals surface area contributed by atoms with Crippen molar-refractivity contribution in [1.29, 1.82) is 0 Å². The Kier molecular flexibility index (Phi) is 8.30. The Bertz CT molecular complexity index is 1030. The van der Waals surface area contributed by atoms with Gasteiger partial charge in [-0.25, -0.2) is 4.57 Å². The van der Waals surface area contributed by atoms with Crippen LogP contribution in [-0.4, -0.2) is 41.7 Å². The van der Waals surface area contributed by atoms with Crippen LogP contribution in [0.5, 0.6) is 23.0 Å². The second-order valence-electron chi connectivity index (χ2n) is 7.22. The Morgan fingerprint density at radius 1 is 0.848 bits per heavy atom. The molecule has 0 fully saturated rings. The summed E-state index contributed by atoms with van der Waals surface area (Å²) in [6.45, 7) is 4.02. The summed E-state index contributed by atoms with van der Waals surface area (Å²) in [6.07, 6.45) is 3.89. The van der Waals surface area contributed by atoms with E-state index in [9.17, 15) is 4.57 Å². The van der Waals surface area contributed by atoms with Gasteiger partial charge in [0.25, 0.3) is 0 Å². The van der Waals surface area contributed by atoms with Crippen molar-refractivity contribution in [2.24, 2.45) is 0 Å². The molecule has 9 heteroatoms. The van der Waals surface area contributed by atoms with Crippen molar-refractivity contribution in [2.75, 3.05) is 46.7 Å². The van der Waals surface area contributed by atoms with E-state index in [0.717, 1.165) is 35.1 Å². The molecule has 0 atom stereocenters. The summed E-state index contributed by atoms with van der Waals surface area (Å²) >= 11 is 0. The normalized spacial score (nSPS) is 13.1. The van der Waals surface area contributed by atoms with Crippen molar-refractivity contribution in [3.05, 3.63) is 47.0 Å². The molecule has 0 aromatic heterocycles. The molecular formula is C24H32NO7P. The standard InChI is InChI=1S/C24H32NO7P/c1-7-31-33(26,32-8-2)25-20-15-19-16(12-21(20)27-3)10-9-11-18(19)17-13-22(28-4)24(30-6)23(14-17)29-5/h11-15H,7-10H2,1-6H3,(H,25,26). The van der Waals surface area contributed by atoms with Crippen molar-refractivity contribution in [3.63, 3.8) is 0 Å². The zero-order valence-corrected chi connectivity index (χ0v) is 20.9. The van der Waals surface area contributed by atoms with Crippen LogP contribution in [0.1, 0.15) is 37.0 Å². The van der Waals surface area contributed by atoms with Crippen LogP contribution in [-0.2, 0) is 20.0 Å². The Balaban J connectivity index is 2.12. The first-order valence-corrected chi connectivity index (χ1v) is 12.4. The van der Waals surface area contributed by atoms with Crippen LogP contribution in [0.25, 0.3) is 5.57 Å². The van der Waals surface area contributed by atoms with Gasteiger partial charge in [-0.3, -0.25) is 14.1 Å². The van der Waals surface area contributed by atoms with E-state index in [1.807, 2.05) is 24.3 Å². The van der Waals surface area contributed by atoms with Crippen molar-refractivity contribution in [2.45, 2.75) is 26.7 Å². The Labute approximate surface area is 195 Å². The molecule has 0 amide bonds. The van der Waals surface area contributed by atoms with E-state index in [0.29, 0.717) is 28.7 Å². The number of anilines is 1. The average molecular weight is 477 g/mol. The second kappa shape index (κ2) is 11.0. The van der Waals surface area contributed by atoms with Gasteiger partial charge in [-0.2, -0.15) is 0 Å². The number of nitrogens with one attached hydrogen (secondary N) is 1. The van der Waals surface area contributed by atoms with Crippen LogP contribution in [0.4, 0.5) is 5.69 Å². The molecule has 0 unspecified atom stereocenters. The van der Waals surface area contributed by atoms with Gasteiger partial charge in [0.15, 0.2) is 11.5 Å². The van der Waals surface area contributed by atoms with Crippen LogP contribution in [0.2, 0.25) is 0 Å². The molecule has 0 heterocycles. The van der Waals surface area contributed by atoms with Gasteiger partial charge in [0.2, 0.25) is 5.75 Å². The number of hydrogen-bond donors (Lipinski definition) is 1. The van der Waals surface area contributed by atoms with Crippen molar-refractivity contribution in [1.82, 2.24) is 0 Å². The lowest BCUT2D eigenvalue weighted by atomic mass is 9.86. The highest BCUT2D eigenvalue weighted by atomic mass is 31.2. The number of ether oxygens (including phenoxy) is 4. The highest BCUT2D eigenvalue weighted by Gasteiger charge is 2.27. The number of benzene rings is 2. The van der Waals surface area contributed by atoms with Gasteiger partial charge in [-0.1, -0.05) is 6.08 Å². The lowest BCUT2D eigenvalue weighted by Gasteiger charge is -2.24. The topological polar surface area (TPSA) is 84.5 Å². The highest BCUT2D eigenvalue weighted by Crippen LogP contribution is 2.51. The quantitative estimate of drug-likeness (QED) is 0.413. The van der Waals surface area contributed by atoms with E-state index < -0.39 is 7.75 Å². The maximum atomic E-state index is 13.1. The summed E-state index contributed by atoms with van der Waals surface area (Å²) in [7, 11) is 2.79. The van der Waals surface area contributed by atoms with Gasteiger partial charge < -0.3 is 18.9 Å². The molecule has 1 N–H and O–H groups in total. The maximum Gasteiger partial charge on any atom is 0.432 e. The second-order valence-corrected chi connectivity index (χ2v) is 8.96. The monoisotopic (exact) mass is 477 g/mol. The maximum absolute atomic E-state index is 13.1. The van der Waals surface area contributed by atoms with E-state index >= 15 is 0 Å². The number of aryl methyl sites for hydroxylation is 1. The summed E-state index contributed by atoms with van der Waals surface area (Å²) < 4.78 is 46.1. The molecule has 1 aliphatic rings. The summed E-state index contributed by atoms with van der Waals surface area (Å²) in [5.41, 5.74) is 4.55. The lowest BCUT2D eigenvalue weighted by Crippen LogP contribution is -2.09. The van der Waals surface area contributed by atoms with Gasteiger partial charge in [-0.15, -0.1) is 0 Å². The molecule has 0 saturated carbocycles. The minimum Gasteiger partial charge on any atom is -0.495 e.